The summed E-state index contributed by atoms with van der Waals surface area (Å²) in [7, 11) is 2.78. The fraction of sp³-hybridized carbons (Fsp3) is 0.310. The summed E-state index contributed by atoms with van der Waals surface area (Å²) in [5, 5.41) is 44.2. The van der Waals surface area contributed by atoms with E-state index in [0.29, 0.717) is 5.56 Å². The van der Waals surface area contributed by atoms with Crippen LogP contribution in [-0.4, -0.2) is 51.8 Å². The largest absolute Gasteiger partial charge is 0.507 e. The summed E-state index contributed by atoms with van der Waals surface area (Å²) in [6.07, 6.45) is -0.0881. The number of carbonyl (C=O) groups excluding carboxylic acids is 2. The predicted octanol–water partition coefficient (Wildman–Crippen LogP) is 6.02. The number of ether oxygens (including phenoxy) is 2. The molecule has 210 valence electrons. The average Bonchev–Trinajstić information content (AvgIpc) is 2.89. The third-order valence-corrected chi connectivity index (χ3v) is 9.55. The van der Waals surface area contributed by atoms with Crippen LogP contribution in [0.2, 0.25) is 15.1 Å². The van der Waals surface area contributed by atoms with Gasteiger partial charge in [-0.1, -0.05) is 48.7 Å². The van der Waals surface area contributed by atoms with Gasteiger partial charge in [-0.05, 0) is 41.5 Å². The van der Waals surface area contributed by atoms with Crippen molar-refractivity contribution in [2.45, 2.75) is 38.2 Å². The zero-order valence-electron chi connectivity index (χ0n) is 22.1. The maximum absolute atomic E-state index is 14.4. The summed E-state index contributed by atoms with van der Waals surface area (Å²) in [6, 6.07) is 3.63. The number of methoxy groups -OCH3 is 2. The molecular weight excluding hydrogens is 583 g/mol. The highest BCUT2D eigenvalue weighted by Crippen LogP contribution is 2.58. The fourth-order valence-electron chi connectivity index (χ4n) is 6.29. The molecule has 0 saturated heterocycles. The summed E-state index contributed by atoms with van der Waals surface area (Å²) in [5.74, 6) is -4.09. The first-order valence-corrected chi connectivity index (χ1v) is 13.3. The molecule has 0 aromatic heterocycles. The average molecular weight is 608 g/mol. The predicted molar refractivity (Wildman–Crippen MR) is 150 cm³/mol. The van der Waals surface area contributed by atoms with Crippen molar-refractivity contribution >= 4 is 46.4 Å². The molecule has 0 bridgehead atoms. The number of fused-ring (bicyclic) bond motifs is 3. The van der Waals surface area contributed by atoms with Crippen LogP contribution in [0.25, 0.3) is 11.1 Å². The van der Waals surface area contributed by atoms with Gasteiger partial charge in [-0.25, -0.2) is 0 Å². The number of halogens is 3. The number of Topliss-reactive ketones (excluding diaryl/α,β-unsaturated/α-hetero) is 2. The Kier molecular flexibility index (Phi) is 6.51. The van der Waals surface area contributed by atoms with Crippen molar-refractivity contribution in [3.05, 3.63) is 61.1 Å². The van der Waals surface area contributed by atoms with E-state index in [2.05, 4.69) is 0 Å². The Morgan fingerprint density at radius 1 is 0.800 bits per heavy atom. The number of hydrogen-bond acceptors (Lipinski definition) is 8. The van der Waals surface area contributed by atoms with Gasteiger partial charge >= 0.3 is 0 Å². The molecule has 0 saturated carbocycles. The Morgan fingerprint density at radius 2 is 1.35 bits per heavy atom. The number of ketones is 2. The number of carbonyl (C=O) groups is 2. The Labute approximate surface area is 244 Å². The zero-order valence-corrected chi connectivity index (χ0v) is 24.3. The summed E-state index contributed by atoms with van der Waals surface area (Å²) in [4.78, 5) is 28.4. The van der Waals surface area contributed by atoms with E-state index in [9.17, 15) is 30.0 Å². The molecular formula is C29H25Cl3O8. The monoisotopic (exact) mass is 606 g/mol. The topological polar surface area (TPSA) is 134 Å². The molecule has 0 radical (unpaired) electrons. The third kappa shape index (κ3) is 3.49. The van der Waals surface area contributed by atoms with Crippen molar-refractivity contribution < 1.29 is 39.5 Å². The van der Waals surface area contributed by atoms with E-state index in [4.69, 9.17) is 44.3 Å². The number of hydrogen-bond donors (Lipinski definition) is 4. The van der Waals surface area contributed by atoms with Gasteiger partial charge < -0.3 is 29.9 Å². The van der Waals surface area contributed by atoms with E-state index in [-0.39, 0.29) is 72.1 Å². The molecule has 0 aliphatic heterocycles. The van der Waals surface area contributed by atoms with Crippen LogP contribution < -0.4 is 9.47 Å². The van der Waals surface area contributed by atoms with Crippen molar-refractivity contribution in [1.82, 2.24) is 0 Å². The lowest BCUT2D eigenvalue weighted by molar-refractivity contribution is -0.0202. The lowest BCUT2D eigenvalue weighted by Crippen LogP contribution is -2.64. The van der Waals surface area contributed by atoms with E-state index < -0.39 is 40.0 Å². The maximum atomic E-state index is 14.4. The molecule has 11 heteroatoms. The first-order valence-electron chi connectivity index (χ1n) is 12.2. The van der Waals surface area contributed by atoms with E-state index in [0.717, 1.165) is 6.07 Å². The first kappa shape index (κ1) is 28.4. The molecule has 2 aliphatic carbocycles. The molecule has 3 aromatic carbocycles. The van der Waals surface area contributed by atoms with Crippen LogP contribution in [0, 0.1) is 12.8 Å². The fourth-order valence-corrected chi connectivity index (χ4v) is 7.21. The van der Waals surface area contributed by atoms with E-state index >= 15 is 0 Å². The van der Waals surface area contributed by atoms with Crippen LogP contribution in [0.1, 0.15) is 51.3 Å². The molecule has 0 heterocycles. The van der Waals surface area contributed by atoms with Crippen LogP contribution in [0.5, 0.6) is 28.7 Å². The van der Waals surface area contributed by atoms with E-state index in [1.807, 2.05) is 0 Å². The third-order valence-electron chi connectivity index (χ3n) is 8.28. The normalized spacial score (nSPS) is 21.0. The van der Waals surface area contributed by atoms with Gasteiger partial charge in [0.2, 0.25) is 11.6 Å². The Hall–Kier alpha value is -3.17. The summed E-state index contributed by atoms with van der Waals surface area (Å²) in [6.45, 7) is 4.94. The number of phenolic OH excluding ortho intramolecular Hbond substituents is 3. The Bertz CT molecular complexity index is 1660. The molecule has 0 fully saturated rings. The van der Waals surface area contributed by atoms with Crippen LogP contribution in [0.4, 0.5) is 0 Å². The lowest BCUT2D eigenvalue weighted by Gasteiger charge is -2.51. The second kappa shape index (κ2) is 9.17. The minimum absolute atomic E-state index is 0.0881. The van der Waals surface area contributed by atoms with Crippen molar-refractivity contribution in [2.24, 2.45) is 5.92 Å². The number of aromatic hydroxyl groups is 3. The highest BCUT2D eigenvalue weighted by atomic mass is 35.5. The van der Waals surface area contributed by atoms with E-state index in [1.54, 1.807) is 20.8 Å². The van der Waals surface area contributed by atoms with Crippen molar-refractivity contribution in [2.75, 3.05) is 14.2 Å². The van der Waals surface area contributed by atoms with E-state index in [1.165, 1.54) is 26.4 Å². The summed E-state index contributed by atoms with van der Waals surface area (Å²) in [5.41, 5.74) is -3.25. The van der Waals surface area contributed by atoms with Crippen LogP contribution in [-0.2, 0) is 11.8 Å². The van der Waals surface area contributed by atoms with Gasteiger partial charge in [-0.3, -0.25) is 9.59 Å². The number of rotatable bonds is 3. The van der Waals surface area contributed by atoms with Gasteiger partial charge in [0.15, 0.2) is 5.60 Å². The second-order valence-electron chi connectivity index (χ2n) is 10.6. The Morgan fingerprint density at radius 3 is 1.95 bits per heavy atom. The quantitative estimate of drug-likeness (QED) is 0.266. The first-order chi connectivity index (χ1) is 18.6. The number of phenols is 3. The van der Waals surface area contributed by atoms with Gasteiger partial charge in [0, 0.05) is 34.7 Å². The van der Waals surface area contributed by atoms with Crippen LogP contribution in [0.3, 0.4) is 0 Å². The highest BCUT2D eigenvalue weighted by Gasteiger charge is 2.64. The van der Waals surface area contributed by atoms with Gasteiger partial charge in [0.05, 0.1) is 34.9 Å². The Balaban J connectivity index is 1.88. The summed E-state index contributed by atoms with van der Waals surface area (Å²) < 4.78 is 10.7. The van der Waals surface area contributed by atoms with Gasteiger partial charge in [-0.2, -0.15) is 0 Å². The minimum atomic E-state index is -2.65. The smallest absolute Gasteiger partial charge is 0.206 e. The summed E-state index contributed by atoms with van der Waals surface area (Å²) >= 11 is 19.7. The molecule has 5 rings (SSSR count). The highest BCUT2D eigenvalue weighted by molar-refractivity contribution is 6.37. The van der Waals surface area contributed by atoms with Crippen molar-refractivity contribution in [3.8, 4) is 39.9 Å². The zero-order chi connectivity index (χ0) is 29.6. The van der Waals surface area contributed by atoms with Gasteiger partial charge in [0.1, 0.15) is 28.7 Å². The van der Waals surface area contributed by atoms with Gasteiger partial charge in [-0.15, -0.1) is 0 Å². The van der Waals surface area contributed by atoms with Crippen LogP contribution in [0.15, 0.2) is 18.2 Å². The molecule has 0 amide bonds. The maximum Gasteiger partial charge on any atom is 0.206 e. The molecule has 4 N–H and O–H groups in total. The molecule has 2 aliphatic rings. The molecule has 8 nitrogen and oxygen atoms in total. The molecule has 2 atom stereocenters. The van der Waals surface area contributed by atoms with Crippen molar-refractivity contribution in [1.29, 1.82) is 0 Å². The van der Waals surface area contributed by atoms with Gasteiger partial charge in [0.25, 0.3) is 0 Å². The molecule has 3 aromatic rings. The van der Waals surface area contributed by atoms with Crippen LogP contribution >= 0.6 is 34.8 Å². The molecule has 0 spiro atoms. The second-order valence-corrected chi connectivity index (χ2v) is 11.7. The molecule has 2 unspecified atom stereocenters. The SMILES string of the molecule is COc1cc(O)c(-c2cc(OC)c(Cl)c3c2C(=O)C2(O)C(=O)c4c(O)cc(O)c(Cl)c4C(C)(C)C2C3)c(C)c1Cl. The molecule has 40 heavy (non-hydrogen) atoms. The lowest BCUT2D eigenvalue weighted by atomic mass is 9.52. The number of aliphatic hydroxyl groups is 1. The van der Waals surface area contributed by atoms with Crippen molar-refractivity contribution in [3.63, 3.8) is 0 Å². The standard InChI is InChI=1S/C29H25Cl3O8/c1-10-19(14(34)9-17(40-5)23(10)30)11-6-16(39-4)24(31)12-7-18-28(2,3)22-21(13(33)8-15(35)25(22)32)27(37)29(18,38)26(36)20(11)12/h6,8-9,18,33-35,38H,7H2,1-5H3. The minimum Gasteiger partial charge on any atom is -0.507 e. The number of benzene rings is 3.